The largest absolute Gasteiger partial charge is 0.250 e. The first-order chi connectivity index (χ1) is 5.54. The molecule has 0 aliphatic heterocycles. The van der Waals surface area contributed by atoms with E-state index in [0.717, 1.165) is 0 Å². The normalized spacial score (nSPS) is 29.5. The molecule has 0 radical (unpaired) electrons. The monoisotopic (exact) mass is 163 g/mol. The average molecular weight is 163 g/mol. The van der Waals surface area contributed by atoms with Crippen molar-refractivity contribution in [2.24, 2.45) is 11.3 Å². The highest BCUT2D eigenvalue weighted by atomic mass is 19.1. The highest BCUT2D eigenvalue weighted by molar-refractivity contribution is 4.83. The molecule has 0 amide bonds. The molecular formula is C9H16F2. The van der Waals surface area contributed by atoms with E-state index in [9.17, 15) is 8.78 Å². The molecule has 1 aliphatic rings. The van der Waals surface area contributed by atoms with E-state index < -0.39 is 24.7 Å². The molecule has 0 spiro atoms. The molecule has 1 rings (SSSR count). The highest BCUT2D eigenvalue weighted by Gasteiger charge is 2.34. The minimum absolute atomic E-state index is 0.451. The van der Waals surface area contributed by atoms with Crippen molar-refractivity contribution in [2.45, 2.75) is 32.6 Å². The highest BCUT2D eigenvalue weighted by Crippen LogP contribution is 2.39. The zero-order valence-electron chi connectivity index (χ0n) is 8.00. The molecule has 0 atom stereocenters. The molecule has 0 heterocycles. The Balaban J connectivity index is 2.53. The smallest absolute Gasteiger partial charge is 0.0975 e. The van der Waals surface area contributed by atoms with Gasteiger partial charge in [-0.25, -0.2) is 0 Å². The van der Waals surface area contributed by atoms with Crippen LogP contribution in [0.5, 0.6) is 0 Å². The molecule has 1 aliphatic carbocycles. The van der Waals surface area contributed by atoms with Gasteiger partial charge in [0.2, 0.25) is 0 Å². The van der Waals surface area contributed by atoms with E-state index in [0.29, 0.717) is 25.7 Å². The van der Waals surface area contributed by atoms with Crippen LogP contribution < -0.4 is 0 Å². The molecule has 1 saturated carbocycles. The van der Waals surface area contributed by atoms with Crippen LogP contribution in [0.25, 0.3) is 0 Å². The first-order valence-corrected chi connectivity index (χ1v) is 4.16. The third-order valence-corrected chi connectivity index (χ3v) is 2.73. The summed E-state index contributed by atoms with van der Waals surface area (Å²) in [6.45, 7) is 0.701. The Hall–Kier alpha value is -0.140. The first-order valence-electron chi connectivity index (χ1n) is 4.66. The van der Waals surface area contributed by atoms with Crippen LogP contribution in [0.3, 0.4) is 0 Å². The fourth-order valence-electron chi connectivity index (χ4n) is 1.51. The van der Waals surface area contributed by atoms with Crippen molar-refractivity contribution < 1.29 is 10.2 Å². The summed E-state index contributed by atoms with van der Waals surface area (Å²) in [4.78, 5) is 0. The molecule has 1 fully saturated rings. The Bertz CT molecular complexity index is 141. The molecule has 0 aromatic heterocycles. The zero-order chi connectivity index (χ0) is 9.24. The van der Waals surface area contributed by atoms with Gasteiger partial charge in [0.15, 0.2) is 0 Å². The average Bonchev–Trinajstić information content (AvgIpc) is 2.06. The molecule has 0 aromatic rings. The second-order valence-corrected chi connectivity index (χ2v) is 3.72. The van der Waals surface area contributed by atoms with E-state index in [4.69, 9.17) is 1.37 Å². The van der Waals surface area contributed by atoms with Gasteiger partial charge in [0, 0.05) is 6.79 Å². The lowest BCUT2D eigenvalue weighted by Gasteiger charge is -2.34. The maximum absolute atomic E-state index is 12.5. The fourth-order valence-corrected chi connectivity index (χ4v) is 1.51. The second kappa shape index (κ2) is 3.51. The van der Waals surface area contributed by atoms with Gasteiger partial charge in [-0.2, -0.15) is 0 Å². The van der Waals surface area contributed by atoms with Gasteiger partial charge in [-0.15, -0.1) is 0 Å². The molecule has 0 aromatic carbocycles. The van der Waals surface area contributed by atoms with Crippen molar-refractivity contribution in [1.29, 1.82) is 0 Å². The summed E-state index contributed by atoms with van der Waals surface area (Å²) in [5, 5.41) is 0. The lowest BCUT2D eigenvalue weighted by Crippen LogP contribution is -2.30. The van der Waals surface area contributed by atoms with E-state index in [1.807, 2.05) is 6.92 Å². The minimum atomic E-state index is -0.736. The topological polar surface area (TPSA) is 0 Å². The van der Waals surface area contributed by atoms with Gasteiger partial charge in [0.05, 0.1) is 13.3 Å². The van der Waals surface area contributed by atoms with Crippen LogP contribution in [0, 0.1) is 11.3 Å². The van der Waals surface area contributed by atoms with Gasteiger partial charge in [-0.3, -0.25) is 8.78 Å². The van der Waals surface area contributed by atoms with Crippen LogP contribution >= 0.6 is 0 Å². The third-order valence-electron chi connectivity index (χ3n) is 2.73. The van der Waals surface area contributed by atoms with Crippen molar-refractivity contribution >= 4 is 0 Å². The number of rotatable bonds is 2. The number of hydrogen-bond acceptors (Lipinski definition) is 0. The third kappa shape index (κ3) is 1.91. The molecule has 0 saturated heterocycles. The predicted octanol–water partition coefficient (Wildman–Crippen LogP) is 3.12. The number of halogens is 2. The van der Waals surface area contributed by atoms with E-state index in [1.54, 1.807) is 0 Å². The van der Waals surface area contributed by atoms with Crippen LogP contribution in [0.2, 0.25) is 0 Å². The van der Waals surface area contributed by atoms with E-state index in [1.165, 1.54) is 0 Å². The van der Waals surface area contributed by atoms with Crippen molar-refractivity contribution in [3.05, 3.63) is 0 Å². The van der Waals surface area contributed by atoms with Gasteiger partial charge in [-0.1, -0.05) is 6.92 Å². The summed E-state index contributed by atoms with van der Waals surface area (Å²) in [7, 11) is 0. The SMILES string of the molecule is [2H]C1(C)CCC(CF)(CF)CC1. The maximum atomic E-state index is 12.5. The van der Waals surface area contributed by atoms with Crippen LogP contribution in [-0.2, 0) is 0 Å². The fraction of sp³-hybridized carbons (Fsp3) is 1.00. The standard InChI is InChI=1S/C9H16F2/c1-8-2-4-9(6-10,7-11)5-3-8/h8H,2-7H2,1H3/i8D. The molecule has 11 heavy (non-hydrogen) atoms. The van der Waals surface area contributed by atoms with Gasteiger partial charge in [-0.05, 0) is 31.6 Å². The summed E-state index contributed by atoms with van der Waals surface area (Å²) in [5.41, 5.74) is -0.736. The lowest BCUT2D eigenvalue weighted by molar-refractivity contribution is 0.0822. The summed E-state index contributed by atoms with van der Waals surface area (Å²) in [5.74, 6) is -0.451. The Morgan fingerprint density at radius 3 is 2.18 bits per heavy atom. The van der Waals surface area contributed by atoms with Crippen LogP contribution in [0.1, 0.15) is 34.0 Å². The minimum Gasteiger partial charge on any atom is -0.250 e. The van der Waals surface area contributed by atoms with E-state index in [-0.39, 0.29) is 0 Å². The molecule has 0 N–H and O–H groups in total. The molecule has 2 heteroatoms. The summed E-state index contributed by atoms with van der Waals surface area (Å²) in [6.07, 6.45) is 2.31. The van der Waals surface area contributed by atoms with Crippen molar-refractivity contribution in [1.82, 2.24) is 0 Å². The van der Waals surface area contributed by atoms with Gasteiger partial charge in [0.25, 0.3) is 0 Å². The lowest BCUT2D eigenvalue weighted by atomic mass is 9.72. The Morgan fingerprint density at radius 1 is 1.36 bits per heavy atom. The summed E-state index contributed by atoms with van der Waals surface area (Å²) >= 11 is 0. The van der Waals surface area contributed by atoms with Gasteiger partial charge >= 0.3 is 0 Å². The second-order valence-electron chi connectivity index (χ2n) is 3.72. The quantitative estimate of drug-likeness (QED) is 0.586. The van der Waals surface area contributed by atoms with Crippen molar-refractivity contribution in [2.75, 3.05) is 13.3 Å². The maximum Gasteiger partial charge on any atom is 0.0975 e. The zero-order valence-corrected chi connectivity index (χ0v) is 7.00. The first kappa shape index (κ1) is 7.51. The number of hydrogen-bond donors (Lipinski definition) is 0. The molecule has 0 nitrogen and oxygen atoms in total. The van der Waals surface area contributed by atoms with Crippen LogP contribution in [-0.4, -0.2) is 13.3 Å². The Kier molecular flexibility index (Phi) is 2.39. The molecule has 0 bridgehead atoms. The van der Waals surface area contributed by atoms with Gasteiger partial charge < -0.3 is 0 Å². The van der Waals surface area contributed by atoms with Crippen LogP contribution in [0.4, 0.5) is 8.78 Å². The molecule has 66 valence electrons. The number of alkyl halides is 2. The summed E-state index contributed by atoms with van der Waals surface area (Å²) < 4.78 is 32.7. The molecular weight excluding hydrogens is 146 g/mol. The Morgan fingerprint density at radius 2 is 1.82 bits per heavy atom. The van der Waals surface area contributed by atoms with E-state index >= 15 is 0 Å². The van der Waals surface area contributed by atoms with E-state index in [2.05, 4.69) is 0 Å². The summed E-state index contributed by atoms with van der Waals surface area (Å²) in [6, 6.07) is 0. The van der Waals surface area contributed by atoms with Gasteiger partial charge in [0.1, 0.15) is 0 Å². The van der Waals surface area contributed by atoms with Crippen LogP contribution in [0.15, 0.2) is 0 Å². The van der Waals surface area contributed by atoms with Crippen molar-refractivity contribution in [3.8, 4) is 0 Å². The van der Waals surface area contributed by atoms with Crippen molar-refractivity contribution in [3.63, 3.8) is 0 Å². The Labute approximate surface area is 68.4 Å². The molecule has 0 unspecified atom stereocenters. The predicted molar refractivity (Wildman–Crippen MR) is 42.0 cm³/mol.